The van der Waals surface area contributed by atoms with Gasteiger partial charge in [0.2, 0.25) is 0 Å². The van der Waals surface area contributed by atoms with Gasteiger partial charge in [-0.05, 0) is 31.0 Å². The van der Waals surface area contributed by atoms with Crippen LogP contribution in [0.5, 0.6) is 0 Å². The highest BCUT2D eigenvalue weighted by molar-refractivity contribution is 5.87. The van der Waals surface area contributed by atoms with Gasteiger partial charge in [0.15, 0.2) is 5.65 Å². The lowest BCUT2D eigenvalue weighted by Crippen LogP contribution is -2.08. The smallest absolute Gasteiger partial charge is 0.168 e. The van der Waals surface area contributed by atoms with Gasteiger partial charge in [-0.2, -0.15) is 5.10 Å². The highest BCUT2D eigenvalue weighted by Crippen LogP contribution is 2.22. The summed E-state index contributed by atoms with van der Waals surface area (Å²) in [5.41, 5.74) is 3.11. The van der Waals surface area contributed by atoms with E-state index >= 15 is 0 Å². The summed E-state index contributed by atoms with van der Waals surface area (Å²) in [7, 11) is 0. The van der Waals surface area contributed by atoms with Gasteiger partial charge in [-0.25, -0.2) is 14.6 Å². The third-order valence-corrected chi connectivity index (χ3v) is 4.09. The van der Waals surface area contributed by atoms with Crippen LogP contribution in [0.25, 0.3) is 16.7 Å². The normalized spacial score (nSPS) is 10.9. The minimum atomic E-state index is 0.729. The van der Waals surface area contributed by atoms with Crippen LogP contribution in [0.2, 0.25) is 0 Å². The van der Waals surface area contributed by atoms with Gasteiger partial charge in [0.05, 0.1) is 17.3 Å². The molecule has 0 spiro atoms. The number of aryl methyl sites for hydroxylation is 1. The van der Waals surface area contributed by atoms with Crippen molar-refractivity contribution in [1.82, 2.24) is 19.7 Å². The lowest BCUT2D eigenvalue weighted by atomic mass is 10.1. The molecule has 0 saturated heterocycles. The van der Waals surface area contributed by atoms with Crippen LogP contribution in [-0.4, -0.2) is 26.3 Å². The molecule has 4 rings (SSSR count). The van der Waals surface area contributed by atoms with Crippen LogP contribution in [0.15, 0.2) is 66.9 Å². The summed E-state index contributed by atoms with van der Waals surface area (Å²) in [6.07, 6.45) is 2.77. The molecular weight excluding hydrogens is 310 g/mol. The highest BCUT2D eigenvalue weighted by Gasteiger charge is 2.12. The van der Waals surface area contributed by atoms with Crippen molar-refractivity contribution < 1.29 is 0 Å². The van der Waals surface area contributed by atoms with Gasteiger partial charge >= 0.3 is 0 Å². The zero-order valence-corrected chi connectivity index (χ0v) is 14.1. The first kappa shape index (κ1) is 15.3. The third kappa shape index (κ3) is 3.21. The lowest BCUT2D eigenvalue weighted by Gasteiger charge is -2.08. The Morgan fingerprint density at radius 3 is 2.40 bits per heavy atom. The Hall–Kier alpha value is -3.21. The maximum Gasteiger partial charge on any atom is 0.168 e. The Balaban J connectivity index is 1.62. The van der Waals surface area contributed by atoms with Crippen molar-refractivity contribution in [1.29, 1.82) is 0 Å². The van der Waals surface area contributed by atoms with Crippen molar-refractivity contribution in [2.45, 2.75) is 13.3 Å². The second-order valence-corrected chi connectivity index (χ2v) is 5.91. The van der Waals surface area contributed by atoms with Crippen LogP contribution in [0, 0.1) is 6.92 Å². The van der Waals surface area contributed by atoms with Crippen LogP contribution >= 0.6 is 0 Å². The number of nitrogens with zero attached hydrogens (tertiary/aromatic N) is 4. The fourth-order valence-corrected chi connectivity index (χ4v) is 2.88. The fraction of sp³-hybridized carbons (Fsp3) is 0.150. The van der Waals surface area contributed by atoms with Crippen molar-refractivity contribution in [2.75, 3.05) is 11.9 Å². The number of fused-ring (bicyclic) bond motifs is 1. The number of anilines is 1. The standard InChI is InChI=1S/C20H19N5/c1-15-23-19(21-13-12-16-8-4-2-5-9-16)18-14-22-25(20(18)24-15)17-10-6-3-7-11-17/h2-11,14H,12-13H2,1H3,(H,21,23,24). The quantitative estimate of drug-likeness (QED) is 0.605. The maximum absolute atomic E-state index is 4.59. The molecule has 0 amide bonds. The number of para-hydroxylation sites is 1. The van der Waals surface area contributed by atoms with Crippen LogP contribution < -0.4 is 5.32 Å². The van der Waals surface area contributed by atoms with Crippen LogP contribution in [0.3, 0.4) is 0 Å². The zero-order chi connectivity index (χ0) is 17.1. The van der Waals surface area contributed by atoms with Crippen molar-refractivity contribution in [3.05, 3.63) is 78.2 Å². The summed E-state index contributed by atoms with van der Waals surface area (Å²) in [4.78, 5) is 9.15. The molecular formula is C20H19N5. The molecule has 4 aromatic rings. The minimum absolute atomic E-state index is 0.729. The van der Waals surface area contributed by atoms with E-state index in [1.54, 1.807) is 0 Å². The van der Waals surface area contributed by atoms with E-state index in [4.69, 9.17) is 0 Å². The van der Waals surface area contributed by atoms with Gasteiger partial charge in [0.1, 0.15) is 11.6 Å². The van der Waals surface area contributed by atoms with Crippen molar-refractivity contribution in [3.63, 3.8) is 0 Å². The largest absolute Gasteiger partial charge is 0.369 e. The SMILES string of the molecule is Cc1nc(NCCc2ccccc2)c2cnn(-c3ccccc3)c2n1. The van der Waals surface area contributed by atoms with Crippen molar-refractivity contribution in [2.24, 2.45) is 0 Å². The van der Waals surface area contributed by atoms with Crippen molar-refractivity contribution in [3.8, 4) is 5.69 Å². The van der Waals surface area contributed by atoms with Gasteiger partial charge in [-0.15, -0.1) is 0 Å². The Morgan fingerprint density at radius 2 is 1.64 bits per heavy atom. The zero-order valence-electron chi connectivity index (χ0n) is 14.1. The molecule has 124 valence electrons. The van der Waals surface area contributed by atoms with Crippen LogP contribution in [0.4, 0.5) is 5.82 Å². The molecule has 0 aliphatic carbocycles. The van der Waals surface area contributed by atoms with E-state index in [0.29, 0.717) is 0 Å². The average Bonchev–Trinajstić information content (AvgIpc) is 3.07. The number of hydrogen-bond acceptors (Lipinski definition) is 4. The topological polar surface area (TPSA) is 55.6 Å². The highest BCUT2D eigenvalue weighted by atomic mass is 15.3. The molecule has 2 heterocycles. The molecule has 5 heteroatoms. The van der Waals surface area contributed by atoms with Gasteiger partial charge in [0.25, 0.3) is 0 Å². The molecule has 2 aromatic carbocycles. The second-order valence-electron chi connectivity index (χ2n) is 5.91. The number of rotatable bonds is 5. The molecule has 0 atom stereocenters. The molecule has 0 bridgehead atoms. The molecule has 1 N–H and O–H groups in total. The summed E-state index contributed by atoms with van der Waals surface area (Å²) in [6, 6.07) is 20.5. The maximum atomic E-state index is 4.59. The molecule has 0 radical (unpaired) electrons. The third-order valence-electron chi connectivity index (χ3n) is 4.09. The minimum Gasteiger partial charge on any atom is -0.369 e. The summed E-state index contributed by atoms with van der Waals surface area (Å²) in [6.45, 7) is 2.72. The Kier molecular flexibility index (Phi) is 4.12. The lowest BCUT2D eigenvalue weighted by molar-refractivity contribution is 0.889. The molecule has 0 fully saturated rings. The van der Waals surface area contributed by atoms with E-state index < -0.39 is 0 Å². The molecule has 25 heavy (non-hydrogen) atoms. The Morgan fingerprint density at radius 1 is 0.920 bits per heavy atom. The van der Waals surface area contributed by atoms with E-state index in [9.17, 15) is 0 Å². The summed E-state index contributed by atoms with van der Waals surface area (Å²) >= 11 is 0. The Bertz CT molecular complexity index is 977. The molecule has 5 nitrogen and oxygen atoms in total. The first-order valence-corrected chi connectivity index (χ1v) is 8.37. The van der Waals surface area contributed by atoms with E-state index in [1.165, 1.54) is 5.56 Å². The number of nitrogens with one attached hydrogen (secondary N) is 1. The van der Waals surface area contributed by atoms with Crippen LogP contribution in [-0.2, 0) is 6.42 Å². The van der Waals surface area contributed by atoms with Crippen molar-refractivity contribution >= 4 is 16.9 Å². The number of benzene rings is 2. The first-order valence-electron chi connectivity index (χ1n) is 8.37. The fourth-order valence-electron chi connectivity index (χ4n) is 2.88. The molecule has 0 aliphatic heterocycles. The van der Waals surface area contributed by atoms with Gasteiger partial charge < -0.3 is 5.32 Å². The molecule has 0 unspecified atom stereocenters. The first-order chi connectivity index (χ1) is 12.3. The van der Waals surface area contributed by atoms with E-state index in [-0.39, 0.29) is 0 Å². The number of hydrogen-bond donors (Lipinski definition) is 1. The molecule has 0 aliphatic rings. The van der Waals surface area contributed by atoms with E-state index in [0.717, 1.165) is 41.3 Å². The predicted octanol–water partition coefficient (Wildman–Crippen LogP) is 3.78. The summed E-state index contributed by atoms with van der Waals surface area (Å²) in [5.74, 6) is 1.56. The summed E-state index contributed by atoms with van der Waals surface area (Å²) in [5, 5.41) is 8.88. The molecule has 0 saturated carbocycles. The second kappa shape index (κ2) is 6.73. The van der Waals surface area contributed by atoms with Gasteiger partial charge in [0, 0.05) is 6.54 Å². The van der Waals surface area contributed by atoms with Crippen LogP contribution in [0.1, 0.15) is 11.4 Å². The van der Waals surface area contributed by atoms with E-state index in [2.05, 4.69) is 44.6 Å². The average molecular weight is 329 g/mol. The van der Waals surface area contributed by atoms with Gasteiger partial charge in [-0.1, -0.05) is 48.5 Å². The molecule has 2 aromatic heterocycles. The summed E-state index contributed by atoms with van der Waals surface area (Å²) < 4.78 is 1.85. The monoisotopic (exact) mass is 329 g/mol. The Labute approximate surface area is 146 Å². The predicted molar refractivity (Wildman–Crippen MR) is 100 cm³/mol. The van der Waals surface area contributed by atoms with Gasteiger partial charge in [-0.3, -0.25) is 0 Å². The number of aromatic nitrogens is 4. The van der Waals surface area contributed by atoms with E-state index in [1.807, 2.05) is 54.2 Å².